The van der Waals surface area contributed by atoms with Crippen LogP contribution in [-0.2, 0) is 9.59 Å². The van der Waals surface area contributed by atoms with Crippen LogP contribution in [0.5, 0.6) is 0 Å². The van der Waals surface area contributed by atoms with E-state index in [1.165, 1.54) is 6.92 Å². The zero-order valence-electron chi connectivity index (χ0n) is 11.7. The summed E-state index contributed by atoms with van der Waals surface area (Å²) in [5.41, 5.74) is -0.604. The first kappa shape index (κ1) is 19.3. The van der Waals surface area contributed by atoms with Crippen LogP contribution in [0.1, 0.15) is 48.0 Å². The first-order valence-corrected chi connectivity index (χ1v) is 5.80. The third kappa shape index (κ3) is 9.01. The van der Waals surface area contributed by atoms with E-state index in [9.17, 15) is 22.8 Å². The summed E-state index contributed by atoms with van der Waals surface area (Å²) in [5, 5.41) is 2.10. The number of hydrogen-bond donors (Lipinski definition) is 1. The average molecular weight is 269 g/mol. The molecule has 1 atom stereocenters. The molecule has 0 fully saturated rings. The monoisotopic (exact) mass is 269 g/mol. The summed E-state index contributed by atoms with van der Waals surface area (Å²) < 4.78 is 35.7. The van der Waals surface area contributed by atoms with Gasteiger partial charge >= 0.3 is 6.18 Å². The van der Waals surface area contributed by atoms with Crippen LogP contribution in [0.25, 0.3) is 0 Å². The number of carbonyl (C=O) groups is 2. The maximum Gasteiger partial charge on any atom is 0.397 e. The molecular weight excluding hydrogens is 247 g/mol. The average Bonchev–Trinajstić information content (AvgIpc) is 2.12. The van der Waals surface area contributed by atoms with Crippen LogP contribution >= 0.6 is 0 Å². The first-order chi connectivity index (χ1) is 7.93. The molecule has 0 rings (SSSR count). The molecule has 0 aromatic rings. The van der Waals surface area contributed by atoms with Crippen LogP contribution in [0.2, 0.25) is 0 Å². The van der Waals surface area contributed by atoms with Crippen molar-refractivity contribution in [1.29, 1.82) is 0 Å². The maximum atomic E-state index is 11.9. The lowest BCUT2D eigenvalue weighted by Gasteiger charge is -2.29. The fourth-order valence-electron chi connectivity index (χ4n) is 1.32. The fraction of sp³-hybridized carbons (Fsp3) is 0.833. The quantitative estimate of drug-likeness (QED) is 0.855. The molecule has 6 heteroatoms. The van der Waals surface area contributed by atoms with Gasteiger partial charge in [0.25, 0.3) is 0 Å². The van der Waals surface area contributed by atoms with E-state index in [0.29, 0.717) is 0 Å². The minimum Gasteiger partial charge on any atom is -0.345 e. The van der Waals surface area contributed by atoms with Crippen molar-refractivity contribution < 1.29 is 22.8 Å². The lowest BCUT2D eigenvalue weighted by Crippen LogP contribution is -2.49. The smallest absolute Gasteiger partial charge is 0.345 e. The molecule has 0 radical (unpaired) electrons. The van der Waals surface area contributed by atoms with E-state index < -0.39 is 30.0 Å². The van der Waals surface area contributed by atoms with Crippen LogP contribution in [0.4, 0.5) is 13.2 Å². The highest BCUT2D eigenvalue weighted by Crippen LogP contribution is 2.22. The van der Waals surface area contributed by atoms with Crippen molar-refractivity contribution in [2.75, 3.05) is 0 Å². The van der Waals surface area contributed by atoms with Crippen LogP contribution < -0.4 is 5.32 Å². The number of carbonyl (C=O) groups excluding carboxylic acids is 2. The molecule has 0 heterocycles. The summed E-state index contributed by atoms with van der Waals surface area (Å²) in [4.78, 5) is 22.2. The Kier molecular flexibility index (Phi) is 7.91. The number of Topliss-reactive ketones (excluding diaryl/α,β-unsaturated/α-hetero) is 1. The Morgan fingerprint density at radius 3 is 1.72 bits per heavy atom. The van der Waals surface area contributed by atoms with E-state index in [-0.39, 0.29) is 5.78 Å². The molecule has 0 aliphatic rings. The van der Waals surface area contributed by atoms with E-state index in [1.54, 1.807) is 20.8 Å². The predicted octanol–water partition coefficient (Wildman–Crippen LogP) is 3.08. The molecule has 0 bridgehead atoms. The van der Waals surface area contributed by atoms with Crippen LogP contribution in [-0.4, -0.2) is 23.9 Å². The van der Waals surface area contributed by atoms with E-state index in [0.717, 1.165) is 0 Å². The summed E-state index contributed by atoms with van der Waals surface area (Å²) in [6, 6.07) is -0.901. The number of amides is 1. The van der Waals surface area contributed by atoms with Gasteiger partial charge in [-0.3, -0.25) is 9.59 Å². The van der Waals surface area contributed by atoms with Gasteiger partial charge in [-0.05, 0) is 12.3 Å². The van der Waals surface area contributed by atoms with E-state index in [1.807, 2.05) is 13.8 Å². The standard InChI is InChI=1S/C10H16F3NO2.C2H6/c1-6(15)8(9(2,3)4)14-7(16)5-10(11,12)13;1-2/h8H,5H2,1-4H3,(H,14,16);1-2H3. The van der Waals surface area contributed by atoms with Gasteiger partial charge in [-0.2, -0.15) is 13.2 Å². The van der Waals surface area contributed by atoms with Gasteiger partial charge in [0.2, 0.25) is 5.91 Å². The molecule has 1 unspecified atom stereocenters. The largest absolute Gasteiger partial charge is 0.397 e. The normalized spacial score (nSPS) is 13.2. The predicted molar refractivity (Wildman–Crippen MR) is 64.1 cm³/mol. The third-order valence-electron chi connectivity index (χ3n) is 1.94. The van der Waals surface area contributed by atoms with Crippen molar-refractivity contribution in [3.05, 3.63) is 0 Å². The van der Waals surface area contributed by atoms with E-state index >= 15 is 0 Å². The van der Waals surface area contributed by atoms with Gasteiger partial charge in [-0.1, -0.05) is 34.6 Å². The molecule has 0 aromatic heterocycles. The van der Waals surface area contributed by atoms with Gasteiger partial charge in [-0.15, -0.1) is 0 Å². The number of nitrogens with one attached hydrogen (secondary N) is 1. The number of ketones is 1. The molecule has 108 valence electrons. The number of rotatable bonds is 3. The molecule has 1 amide bonds. The van der Waals surface area contributed by atoms with Gasteiger partial charge in [0.05, 0.1) is 6.04 Å². The Morgan fingerprint density at radius 1 is 1.11 bits per heavy atom. The molecule has 0 saturated heterocycles. The number of halogens is 3. The first-order valence-electron chi connectivity index (χ1n) is 5.80. The zero-order valence-corrected chi connectivity index (χ0v) is 11.7. The van der Waals surface area contributed by atoms with Crippen molar-refractivity contribution in [3.63, 3.8) is 0 Å². The summed E-state index contributed by atoms with van der Waals surface area (Å²) in [6.07, 6.45) is -6.11. The highest BCUT2D eigenvalue weighted by Gasteiger charge is 2.35. The second kappa shape index (κ2) is 7.38. The van der Waals surface area contributed by atoms with Gasteiger partial charge < -0.3 is 5.32 Å². The summed E-state index contributed by atoms with van der Waals surface area (Å²) in [7, 11) is 0. The maximum absolute atomic E-state index is 11.9. The lowest BCUT2D eigenvalue weighted by atomic mass is 9.84. The van der Waals surface area contributed by atoms with Gasteiger partial charge in [0.1, 0.15) is 6.42 Å². The Bertz CT molecular complexity index is 280. The zero-order chi connectivity index (χ0) is 15.1. The number of hydrogen-bond acceptors (Lipinski definition) is 2. The molecule has 0 aromatic carbocycles. The molecule has 0 saturated carbocycles. The van der Waals surface area contributed by atoms with Crippen molar-refractivity contribution in [2.24, 2.45) is 5.41 Å². The molecule has 0 spiro atoms. The van der Waals surface area contributed by atoms with Gasteiger partial charge in [-0.25, -0.2) is 0 Å². The highest BCUT2D eigenvalue weighted by molar-refractivity contribution is 5.88. The topological polar surface area (TPSA) is 46.2 Å². The van der Waals surface area contributed by atoms with Crippen LogP contribution in [0, 0.1) is 5.41 Å². The van der Waals surface area contributed by atoms with Crippen molar-refractivity contribution >= 4 is 11.7 Å². The molecule has 18 heavy (non-hydrogen) atoms. The van der Waals surface area contributed by atoms with Gasteiger partial charge in [0, 0.05) is 0 Å². The molecule has 0 aliphatic carbocycles. The second-order valence-corrected chi connectivity index (χ2v) is 4.77. The SMILES string of the molecule is CC.CC(=O)C(NC(=O)CC(F)(F)F)C(C)(C)C. The number of alkyl halides is 3. The fourth-order valence-corrected chi connectivity index (χ4v) is 1.32. The summed E-state index contributed by atoms with van der Waals surface area (Å²) >= 11 is 0. The Labute approximate surface area is 106 Å². The van der Waals surface area contributed by atoms with Crippen molar-refractivity contribution in [3.8, 4) is 0 Å². The van der Waals surface area contributed by atoms with E-state index in [4.69, 9.17) is 0 Å². The Hall–Kier alpha value is -1.07. The van der Waals surface area contributed by atoms with Crippen LogP contribution in [0.3, 0.4) is 0 Å². The molecule has 0 aliphatic heterocycles. The van der Waals surface area contributed by atoms with Crippen molar-refractivity contribution in [2.45, 2.75) is 60.2 Å². The lowest BCUT2D eigenvalue weighted by molar-refractivity contribution is -0.155. The third-order valence-corrected chi connectivity index (χ3v) is 1.94. The van der Waals surface area contributed by atoms with E-state index in [2.05, 4.69) is 5.32 Å². The van der Waals surface area contributed by atoms with Crippen molar-refractivity contribution in [1.82, 2.24) is 5.32 Å². The highest BCUT2D eigenvalue weighted by atomic mass is 19.4. The summed E-state index contributed by atoms with van der Waals surface area (Å²) in [5.74, 6) is -1.54. The van der Waals surface area contributed by atoms with Gasteiger partial charge in [0.15, 0.2) is 5.78 Å². The minimum absolute atomic E-state index is 0.358. The molecular formula is C12H22F3NO2. The Balaban J connectivity index is 0. The van der Waals surface area contributed by atoms with Crippen LogP contribution in [0.15, 0.2) is 0 Å². The molecule has 3 nitrogen and oxygen atoms in total. The summed E-state index contributed by atoms with van der Waals surface area (Å²) in [6.45, 7) is 10.3. The molecule has 1 N–H and O–H groups in total. The minimum atomic E-state index is -4.55. The Morgan fingerprint density at radius 2 is 1.50 bits per heavy atom. The second-order valence-electron chi connectivity index (χ2n) is 4.77.